The number of carbonyl (C=O) groups is 2. The maximum atomic E-state index is 12.9. The molecule has 1 aromatic heterocycles. The lowest BCUT2D eigenvalue weighted by Crippen LogP contribution is -2.47. The summed E-state index contributed by atoms with van der Waals surface area (Å²) in [7, 11) is 3.52. The number of nitrogens with zero attached hydrogens (tertiary/aromatic N) is 5. The number of anilines is 2. The Kier molecular flexibility index (Phi) is 6.03. The molecule has 5 rings (SSSR count). The van der Waals surface area contributed by atoms with Crippen molar-refractivity contribution in [2.24, 2.45) is 0 Å². The summed E-state index contributed by atoms with van der Waals surface area (Å²) < 4.78 is 5.91. The Morgan fingerprint density at radius 2 is 1.82 bits per heavy atom. The molecule has 33 heavy (non-hydrogen) atoms. The van der Waals surface area contributed by atoms with E-state index in [-0.39, 0.29) is 11.8 Å². The number of amides is 2. The van der Waals surface area contributed by atoms with Gasteiger partial charge in [-0.1, -0.05) is 12.1 Å². The molecule has 0 bridgehead atoms. The van der Waals surface area contributed by atoms with Crippen molar-refractivity contribution in [1.29, 1.82) is 0 Å². The lowest BCUT2D eigenvalue weighted by atomic mass is 10.0. The van der Waals surface area contributed by atoms with Gasteiger partial charge in [0.2, 0.25) is 0 Å². The van der Waals surface area contributed by atoms with Crippen LogP contribution in [0.15, 0.2) is 42.5 Å². The molecule has 0 N–H and O–H groups in total. The SMILES string of the molecule is CN(C)C(=O)N1CCc2cc(C(=O)CCN3CCN(c4nsc5ccccc45)CC3)ccc21. The number of benzene rings is 2. The molecule has 2 aliphatic heterocycles. The van der Waals surface area contributed by atoms with Gasteiger partial charge in [0.15, 0.2) is 5.78 Å². The number of hydrogen-bond acceptors (Lipinski definition) is 6. The van der Waals surface area contributed by atoms with E-state index in [1.54, 1.807) is 35.4 Å². The van der Waals surface area contributed by atoms with E-state index in [1.807, 2.05) is 18.2 Å². The van der Waals surface area contributed by atoms with Crippen molar-refractivity contribution >= 4 is 44.9 Å². The first-order chi connectivity index (χ1) is 16.0. The van der Waals surface area contributed by atoms with Gasteiger partial charge in [0.1, 0.15) is 5.82 Å². The monoisotopic (exact) mass is 463 g/mol. The third-order valence-electron chi connectivity index (χ3n) is 6.60. The average Bonchev–Trinajstić information content (AvgIpc) is 3.46. The maximum Gasteiger partial charge on any atom is 0.323 e. The van der Waals surface area contributed by atoms with Gasteiger partial charge in [0.05, 0.1) is 4.70 Å². The van der Waals surface area contributed by atoms with Gasteiger partial charge in [-0.25, -0.2) is 4.79 Å². The minimum Gasteiger partial charge on any atom is -0.353 e. The standard InChI is InChI=1S/C25H29N5O2S/c1-27(2)25(32)30-12-9-18-17-19(7-8-21(18)30)22(31)10-11-28-13-15-29(16-14-28)24-20-5-3-4-6-23(20)33-26-24/h3-8,17H,9-16H2,1-2H3. The third-order valence-corrected chi connectivity index (χ3v) is 7.41. The summed E-state index contributed by atoms with van der Waals surface area (Å²) in [4.78, 5) is 33.3. The summed E-state index contributed by atoms with van der Waals surface area (Å²) in [6.45, 7) is 5.16. The highest BCUT2D eigenvalue weighted by Crippen LogP contribution is 2.31. The summed E-state index contributed by atoms with van der Waals surface area (Å²) in [6.07, 6.45) is 1.31. The van der Waals surface area contributed by atoms with E-state index in [0.29, 0.717) is 13.0 Å². The molecule has 1 fully saturated rings. The van der Waals surface area contributed by atoms with Crippen molar-refractivity contribution < 1.29 is 9.59 Å². The lowest BCUT2D eigenvalue weighted by molar-refractivity contribution is 0.0962. The maximum absolute atomic E-state index is 12.9. The minimum atomic E-state index is -0.0161. The molecule has 0 atom stereocenters. The molecule has 8 heteroatoms. The second-order valence-corrected chi connectivity index (χ2v) is 9.73. The van der Waals surface area contributed by atoms with E-state index < -0.39 is 0 Å². The van der Waals surface area contributed by atoms with Crippen molar-refractivity contribution in [3.8, 4) is 0 Å². The zero-order valence-electron chi connectivity index (χ0n) is 19.2. The fourth-order valence-corrected chi connectivity index (χ4v) is 5.50. The van der Waals surface area contributed by atoms with Gasteiger partial charge in [-0.2, -0.15) is 4.37 Å². The van der Waals surface area contributed by atoms with Crippen LogP contribution in [-0.4, -0.2) is 79.4 Å². The topological polar surface area (TPSA) is 60.0 Å². The van der Waals surface area contributed by atoms with Gasteiger partial charge in [0, 0.05) is 76.4 Å². The fourth-order valence-electron chi connectivity index (χ4n) is 4.70. The summed E-state index contributed by atoms with van der Waals surface area (Å²) in [6, 6.07) is 14.1. The molecule has 3 aromatic rings. The van der Waals surface area contributed by atoms with Crippen LogP contribution < -0.4 is 9.80 Å². The number of ketones is 1. The zero-order valence-corrected chi connectivity index (χ0v) is 20.0. The molecule has 2 aromatic carbocycles. The largest absolute Gasteiger partial charge is 0.353 e. The first-order valence-electron chi connectivity index (χ1n) is 11.5. The predicted octanol–water partition coefficient (Wildman–Crippen LogP) is 3.74. The van der Waals surface area contributed by atoms with Gasteiger partial charge in [-0.15, -0.1) is 0 Å². The highest BCUT2D eigenvalue weighted by molar-refractivity contribution is 7.13. The minimum absolute atomic E-state index is 0.0161. The molecule has 0 aliphatic carbocycles. The molecule has 172 valence electrons. The number of Topliss-reactive ketones (excluding diaryl/α,β-unsaturated/α-hetero) is 1. The molecule has 3 heterocycles. The Balaban J connectivity index is 1.15. The molecular formula is C25H29N5O2S. The summed E-state index contributed by atoms with van der Waals surface area (Å²) >= 11 is 1.56. The van der Waals surface area contributed by atoms with E-state index in [4.69, 9.17) is 0 Å². The molecule has 0 unspecified atom stereocenters. The quantitative estimate of drug-likeness (QED) is 0.540. The van der Waals surface area contributed by atoms with Gasteiger partial charge in [-0.05, 0) is 53.8 Å². The highest BCUT2D eigenvalue weighted by Gasteiger charge is 2.27. The van der Waals surface area contributed by atoms with E-state index in [0.717, 1.165) is 61.8 Å². The van der Waals surface area contributed by atoms with Crippen LogP contribution in [0.3, 0.4) is 0 Å². The number of rotatable bonds is 5. The summed E-state index contributed by atoms with van der Waals surface area (Å²) in [5.74, 6) is 1.26. The second kappa shape index (κ2) is 9.11. The van der Waals surface area contributed by atoms with Crippen LogP contribution in [0.25, 0.3) is 10.1 Å². The van der Waals surface area contributed by atoms with Crippen molar-refractivity contribution in [1.82, 2.24) is 14.2 Å². The van der Waals surface area contributed by atoms with Crippen LogP contribution in [0.2, 0.25) is 0 Å². The van der Waals surface area contributed by atoms with Gasteiger partial charge < -0.3 is 9.80 Å². The number of piperazine rings is 1. The first-order valence-corrected chi connectivity index (χ1v) is 12.3. The summed E-state index contributed by atoms with van der Waals surface area (Å²) in [5, 5.41) is 1.23. The van der Waals surface area contributed by atoms with Gasteiger partial charge in [0.25, 0.3) is 0 Å². The molecule has 0 radical (unpaired) electrons. The second-order valence-electron chi connectivity index (χ2n) is 8.93. The Labute approximate surface area is 198 Å². The normalized spacial score (nSPS) is 16.3. The third kappa shape index (κ3) is 4.32. The van der Waals surface area contributed by atoms with E-state index >= 15 is 0 Å². The molecule has 7 nitrogen and oxygen atoms in total. The molecular weight excluding hydrogens is 434 g/mol. The fraction of sp³-hybridized carbons (Fsp3) is 0.400. The average molecular weight is 464 g/mol. The van der Waals surface area contributed by atoms with Crippen LogP contribution in [0.5, 0.6) is 0 Å². The number of carbonyl (C=O) groups excluding carboxylic acids is 2. The Bertz CT molecular complexity index is 1180. The van der Waals surface area contributed by atoms with E-state index in [9.17, 15) is 9.59 Å². The van der Waals surface area contributed by atoms with Crippen molar-refractivity contribution in [2.75, 3.05) is 63.2 Å². The Morgan fingerprint density at radius 1 is 1.03 bits per heavy atom. The molecule has 0 saturated carbocycles. The predicted molar refractivity (Wildman–Crippen MR) is 134 cm³/mol. The van der Waals surface area contributed by atoms with Crippen molar-refractivity contribution in [2.45, 2.75) is 12.8 Å². The summed E-state index contributed by atoms with van der Waals surface area (Å²) in [5.41, 5.74) is 2.76. The molecule has 2 amide bonds. The van der Waals surface area contributed by atoms with Crippen molar-refractivity contribution in [3.05, 3.63) is 53.6 Å². The van der Waals surface area contributed by atoms with Crippen LogP contribution in [-0.2, 0) is 6.42 Å². The van der Waals surface area contributed by atoms with Gasteiger partial charge >= 0.3 is 6.03 Å². The number of urea groups is 1. The van der Waals surface area contributed by atoms with Crippen LogP contribution in [0.1, 0.15) is 22.3 Å². The van der Waals surface area contributed by atoms with Crippen molar-refractivity contribution in [3.63, 3.8) is 0 Å². The zero-order chi connectivity index (χ0) is 22.9. The smallest absolute Gasteiger partial charge is 0.323 e. The lowest BCUT2D eigenvalue weighted by Gasteiger charge is -2.35. The Hall–Kier alpha value is -2.97. The first kappa shape index (κ1) is 21.9. The van der Waals surface area contributed by atoms with Crippen LogP contribution in [0, 0.1) is 0 Å². The number of fused-ring (bicyclic) bond motifs is 2. The molecule has 1 saturated heterocycles. The highest BCUT2D eigenvalue weighted by atomic mass is 32.1. The molecule has 2 aliphatic rings. The van der Waals surface area contributed by atoms with Crippen LogP contribution in [0.4, 0.5) is 16.3 Å². The Morgan fingerprint density at radius 3 is 2.61 bits per heavy atom. The number of aromatic nitrogens is 1. The molecule has 0 spiro atoms. The van der Waals surface area contributed by atoms with Gasteiger partial charge in [-0.3, -0.25) is 14.6 Å². The van der Waals surface area contributed by atoms with Crippen LogP contribution >= 0.6 is 11.5 Å². The van der Waals surface area contributed by atoms with E-state index in [1.165, 1.54) is 10.1 Å². The number of hydrogen-bond donors (Lipinski definition) is 0. The van der Waals surface area contributed by atoms with E-state index in [2.05, 4.69) is 38.4 Å².